The molecule has 1 N–H and O–H groups in total. The Hall–Kier alpha value is -2.28. The molecule has 0 atom stereocenters. The zero-order valence-corrected chi connectivity index (χ0v) is 20.8. The Morgan fingerprint density at radius 2 is 2.00 bits per heavy atom. The van der Waals surface area contributed by atoms with Gasteiger partial charge in [-0.3, -0.25) is 4.68 Å². The van der Waals surface area contributed by atoms with Crippen LogP contribution < -0.4 is 0 Å². The molecule has 0 saturated heterocycles. The van der Waals surface area contributed by atoms with Gasteiger partial charge in [-0.1, -0.05) is 29.4 Å². The summed E-state index contributed by atoms with van der Waals surface area (Å²) >= 11 is 7.30. The van der Waals surface area contributed by atoms with E-state index in [1.807, 2.05) is 10.8 Å². The van der Waals surface area contributed by atoms with Crippen LogP contribution in [-0.4, -0.2) is 55.0 Å². The van der Waals surface area contributed by atoms with Crippen LogP contribution in [0.4, 0.5) is 8.78 Å². The van der Waals surface area contributed by atoms with E-state index in [4.69, 9.17) is 18.0 Å². The number of carboxylic acid groups (broad SMARTS) is 1. The molecule has 5 nitrogen and oxygen atoms in total. The molecule has 1 saturated carbocycles. The van der Waals surface area contributed by atoms with Crippen molar-refractivity contribution in [3.05, 3.63) is 70.6 Å². The first-order chi connectivity index (χ1) is 17.4. The number of fused-ring (bicyclic) bond motifs is 1. The van der Waals surface area contributed by atoms with Crippen LogP contribution in [0.1, 0.15) is 54.1 Å². The molecule has 0 bridgehead atoms. The molecule has 0 spiro atoms. The normalized spacial score (nSPS) is 12.9. The molecule has 1 aliphatic rings. The van der Waals surface area contributed by atoms with E-state index >= 15 is 8.78 Å². The Morgan fingerprint density at radius 1 is 1.22 bits per heavy atom. The minimum absolute atomic E-state index is 0. The van der Waals surface area contributed by atoms with Crippen LogP contribution in [-0.2, 0) is 6.54 Å². The van der Waals surface area contributed by atoms with Crippen molar-refractivity contribution in [2.24, 2.45) is 0 Å². The van der Waals surface area contributed by atoms with Gasteiger partial charge in [-0.2, -0.15) is 5.10 Å². The molecule has 0 unspecified atom stereocenters. The van der Waals surface area contributed by atoms with Crippen molar-refractivity contribution in [1.29, 1.82) is 0 Å². The predicted molar refractivity (Wildman–Crippen MR) is 143 cm³/mol. The molecule has 2 aromatic heterocycles. The van der Waals surface area contributed by atoms with Crippen LogP contribution in [0.15, 0.2) is 52.5 Å². The molecule has 1 aliphatic carbocycles. The third-order valence-corrected chi connectivity index (χ3v) is 7.68. The third kappa shape index (κ3) is 5.47. The standard InChI is InChI=1S/C27H22ClF2N3O2S.Na.H/c1-2-3-4-5-13-32-15-17(14-31-32)33-24(16-9-10-16)26(19-11-12-20(28)23(30)25(19)33)36-21-8-6-7-18(22(21)29)27(34)35;;/h1,6-8,11-12,14-16H,3-5,9-10,13H2,(H,34,35);;. The number of aryl methyl sites for hydroxylation is 1. The first kappa shape index (κ1) is 27.7. The number of benzene rings is 2. The van der Waals surface area contributed by atoms with Gasteiger partial charge in [0, 0.05) is 46.0 Å². The number of carboxylic acids is 1. The average Bonchev–Trinajstić information content (AvgIpc) is 3.50. The number of halogens is 3. The van der Waals surface area contributed by atoms with E-state index < -0.39 is 23.2 Å². The first-order valence-corrected chi connectivity index (χ1v) is 12.8. The van der Waals surface area contributed by atoms with Crippen molar-refractivity contribution in [3.63, 3.8) is 0 Å². The first-order valence-electron chi connectivity index (χ1n) is 11.6. The third-order valence-electron chi connectivity index (χ3n) is 6.22. The van der Waals surface area contributed by atoms with Crippen LogP contribution in [0.3, 0.4) is 0 Å². The van der Waals surface area contributed by atoms with Gasteiger partial charge < -0.3 is 9.67 Å². The molecule has 10 heteroatoms. The number of rotatable bonds is 9. The number of unbranched alkanes of at least 4 members (excludes halogenated alkanes) is 2. The zero-order chi connectivity index (χ0) is 25.4. The molecular formula is C27H23ClF2N3NaO2S. The van der Waals surface area contributed by atoms with Gasteiger partial charge in [-0.05, 0) is 49.9 Å². The summed E-state index contributed by atoms with van der Waals surface area (Å²) in [6.07, 6.45) is 13.2. The molecule has 37 heavy (non-hydrogen) atoms. The van der Waals surface area contributed by atoms with Gasteiger partial charge in [0.15, 0.2) is 11.6 Å². The number of aromatic nitrogens is 3. The maximum atomic E-state index is 15.5. The molecule has 1 fully saturated rings. The molecule has 2 aromatic carbocycles. The van der Waals surface area contributed by atoms with Crippen molar-refractivity contribution in [2.75, 3.05) is 0 Å². The molecule has 186 valence electrons. The molecule has 4 aromatic rings. The predicted octanol–water partition coefficient (Wildman–Crippen LogP) is 6.64. The second kappa shape index (κ2) is 11.6. The fraction of sp³-hybridized carbons (Fsp3) is 0.259. The minimum atomic E-state index is -1.34. The van der Waals surface area contributed by atoms with Gasteiger partial charge in [-0.15, -0.1) is 12.3 Å². The van der Waals surface area contributed by atoms with Crippen molar-refractivity contribution >= 4 is 69.8 Å². The number of terminal acetylenes is 1. The topological polar surface area (TPSA) is 60.0 Å². The number of hydrogen-bond acceptors (Lipinski definition) is 3. The molecule has 5 rings (SSSR count). The number of nitrogens with zero attached hydrogens (tertiary/aromatic N) is 3. The molecule has 0 radical (unpaired) electrons. The Kier molecular flexibility index (Phi) is 8.72. The van der Waals surface area contributed by atoms with Gasteiger partial charge >= 0.3 is 35.5 Å². The van der Waals surface area contributed by atoms with Gasteiger partial charge in [-0.25, -0.2) is 13.6 Å². The van der Waals surface area contributed by atoms with Gasteiger partial charge in [0.25, 0.3) is 0 Å². The van der Waals surface area contributed by atoms with E-state index in [1.54, 1.807) is 16.9 Å². The van der Waals surface area contributed by atoms with E-state index in [9.17, 15) is 9.90 Å². The monoisotopic (exact) mass is 549 g/mol. The van der Waals surface area contributed by atoms with Gasteiger partial charge in [0.1, 0.15) is 0 Å². The summed E-state index contributed by atoms with van der Waals surface area (Å²) in [5.41, 5.74) is 1.43. The Balaban J connectivity index is 0.00000320. The second-order valence-corrected chi connectivity index (χ2v) is 10.2. The summed E-state index contributed by atoms with van der Waals surface area (Å²) in [5.74, 6) is 0.0667. The summed E-state index contributed by atoms with van der Waals surface area (Å²) in [7, 11) is 0. The average molecular weight is 550 g/mol. The van der Waals surface area contributed by atoms with Crippen molar-refractivity contribution in [2.45, 2.75) is 54.4 Å². The summed E-state index contributed by atoms with van der Waals surface area (Å²) in [6.45, 7) is 0.678. The van der Waals surface area contributed by atoms with Crippen molar-refractivity contribution in [3.8, 4) is 18.0 Å². The summed E-state index contributed by atoms with van der Waals surface area (Å²) in [5, 5.41) is 14.4. The quantitative estimate of drug-likeness (QED) is 0.144. The number of aromatic carboxylic acids is 1. The van der Waals surface area contributed by atoms with Gasteiger partial charge in [0.05, 0.1) is 28.0 Å². The van der Waals surface area contributed by atoms with Crippen LogP contribution >= 0.6 is 23.4 Å². The van der Waals surface area contributed by atoms with Crippen molar-refractivity contribution < 1.29 is 18.7 Å². The molecule has 0 aliphatic heterocycles. The summed E-state index contributed by atoms with van der Waals surface area (Å²) in [4.78, 5) is 12.3. The summed E-state index contributed by atoms with van der Waals surface area (Å²) < 4.78 is 34.3. The zero-order valence-electron chi connectivity index (χ0n) is 19.2. The van der Waals surface area contributed by atoms with Crippen LogP contribution in [0.5, 0.6) is 0 Å². The summed E-state index contributed by atoms with van der Waals surface area (Å²) in [6, 6.07) is 7.49. The van der Waals surface area contributed by atoms with Crippen LogP contribution in [0.2, 0.25) is 5.02 Å². The van der Waals surface area contributed by atoms with E-state index in [0.717, 1.165) is 43.1 Å². The fourth-order valence-electron chi connectivity index (χ4n) is 4.36. The maximum absolute atomic E-state index is 15.5. The van der Waals surface area contributed by atoms with E-state index in [2.05, 4.69) is 11.0 Å². The number of carbonyl (C=O) groups is 1. The van der Waals surface area contributed by atoms with Crippen molar-refractivity contribution in [1.82, 2.24) is 14.3 Å². The Labute approximate surface area is 244 Å². The van der Waals surface area contributed by atoms with E-state index in [0.29, 0.717) is 34.5 Å². The second-order valence-electron chi connectivity index (χ2n) is 8.73. The molecular weight excluding hydrogens is 527 g/mol. The Morgan fingerprint density at radius 3 is 2.70 bits per heavy atom. The van der Waals surface area contributed by atoms with Gasteiger partial charge in [0.2, 0.25) is 0 Å². The van der Waals surface area contributed by atoms with Crippen LogP contribution in [0, 0.1) is 24.0 Å². The molecule has 0 amide bonds. The fourth-order valence-corrected chi connectivity index (χ4v) is 5.71. The molecule has 2 heterocycles. The van der Waals surface area contributed by atoms with Crippen LogP contribution in [0.25, 0.3) is 16.6 Å². The number of hydrogen-bond donors (Lipinski definition) is 1. The van der Waals surface area contributed by atoms with E-state index in [1.165, 1.54) is 24.3 Å². The Bertz CT molecular complexity index is 1520. The SMILES string of the molecule is C#CCCCCn1cc(-n2c(C3CC3)c(Sc3cccc(C(=O)O)c3F)c3ccc(Cl)c(F)c32)cn1.[NaH]. The van der Waals surface area contributed by atoms with E-state index in [-0.39, 0.29) is 45.4 Å².